The smallest absolute Gasteiger partial charge is 0.409 e. The molecular weight excluding hydrogens is 459 g/mol. The predicted molar refractivity (Wildman–Crippen MR) is 110 cm³/mol. The Labute approximate surface area is 181 Å². The summed E-state index contributed by atoms with van der Waals surface area (Å²) in [6, 6.07) is 7.59. The van der Waals surface area contributed by atoms with Gasteiger partial charge in [-0.1, -0.05) is 29.3 Å². The Morgan fingerprint density at radius 1 is 1.40 bits per heavy atom. The largest absolute Gasteiger partial charge is 0.508 e. The molecule has 0 aromatic heterocycles. The van der Waals surface area contributed by atoms with Crippen LogP contribution in [-0.4, -0.2) is 37.1 Å². The highest BCUT2D eigenvalue weighted by atomic mass is 79.9. The van der Waals surface area contributed by atoms with Gasteiger partial charge in [0.15, 0.2) is 11.6 Å². The fourth-order valence-corrected chi connectivity index (χ4v) is 4.16. The van der Waals surface area contributed by atoms with Gasteiger partial charge in [-0.3, -0.25) is 5.32 Å². The Balaban J connectivity index is 1.71. The number of halogens is 2. The molecule has 160 valence electrons. The van der Waals surface area contributed by atoms with Crippen molar-refractivity contribution >= 4 is 22.0 Å². The Morgan fingerprint density at radius 3 is 3.03 bits per heavy atom. The Morgan fingerprint density at radius 2 is 2.23 bits per heavy atom. The summed E-state index contributed by atoms with van der Waals surface area (Å²) in [6.45, 7) is 2.95. The molecule has 0 bridgehead atoms. The molecule has 0 aliphatic carbocycles. The van der Waals surface area contributed by atoms with Crippen molar-refractivity contribution in [3.05, 3.63) is 51.7 Å². The second-order valence-corrected chi connectivity index (χ2v) is 8.16. The van der Waals surface area contributed by atoms with Crippen LogP contribution in [-0.2, 0) is 15.1 Å². The van der Waals surface area contributed by atoms with Gasteiger partial charge in [0.1, 0.15) is 23.3 Å². The van der Waals surface area contributed by atoms with E-state index in [9.17, 15) is 14.3 Å². The second-order valence-electron chi connectivity index (χ2n) is 7.25. The number of fused-ring (bicyclic) bond motifs is 4. The molecule has 2 heterocycles. The number of hydrogen-bond donors (Lipinski definition) is 3. The van der Waals surface area contributed by atoms with E-state index in [2.05, 4.69) is 26.6 Å². The zero-order chi connectivity index (χ0) is 21.3. The molecule has 7 nitrogen and oxygen atoms in total. The molecule has 30 heavy (non-hydrogen) atoms. The number of unbranched alkanes of at least 4 members (excludes halogenated alkanes) is 1. The molecule has 2 unspecified atom stereocenters. The summed E-state index contributed by atoms with van der Waals surface area (Å²) in [5, 5.41) is 16.0. The van der Waals surface area contributed by atoms with Crippen LogP contribution < -0.4 is 15.4 Å². The van der Waals surface area contributed by atoms with Gasteiger partial charge in [-0.2, -0.15) is 0 Å². The highest BCUT2D eigenvalue weighted by Gasteiger charge is 2.48. The van der Waals surface area contributed by atoms with Crippen molar-refractivity contribution in [3.8, 4) is 17.2 Å². The van der Waals surface area contributed by atoms with Crippen molar-refractivity contribution in [2.24, 2.45) is 0 Å². The van der Waals surface area contributed by atoms with E-state index in [-0.39, 0.29) is 11.5 Å². The number of morpholine rings is 1. The number of rotatable bonds is 4. The average molecular weight is 481 g/mol. The lowest BCUT2D eigenvalue weighted by atomic mass is 9.82. The lowest BCUT2D eigenvalue weighted by Gasteiger charge is -2.45. The van der Waals surface area contributed by atoms with E-state index >= 15 is 0 Å². The van der Waals surface area contributed by atoms with Crippen LogP contribution in [0, 0.1) is 5.82 Å². The number of ether oxygens (including phenoxy) is 3. The minimum Gasteiger partial charge on any atom is -0.508 e. The topological polar surface area (TPSA) is 89.1 Å². The van der Waals surface area contributed by atoms with E-state index in [0.717, 1.165) is 12.8 Å². The van der Waals surface area contributed by atoms with Crippen LogP contribution in [0.3, 0.4) is 0 Å². The molecule has 1 fully saturated rings. The first kappa shape index (κ1) is 20.9. The Bertz CT molecular complexity index is 973. The molecule has 3 N–H and O–H groups in total. The molecule has 2 atom stereocenters. The summed E-state index contributed by atoms with van der Waals surface area (Å²) in [4.78, 5) is 12.1. The van der Waals surface area contributed by atoms with Gasteiger partial charge in [-0.15, -0.1) is 0 Å². The van der Waals surface area contributed by atoms with E-state index < -0.39 is 23.7 Å². The van der Waals surface area contributed by atoms with Crippen molar-refractivity contribution < 1.29 is 28.5 Å². The van der Waals surface area contributed by atoms with Crippen molar-refractivity contribution in [2.45, 2.75) is 31.6 Å². The molecule has 0 saturated carbocycles. The van der Waals surface area contributed by atoms with E-state index in [1.54, 1.807) is 12.1 Å². The van der Waals surface area contributed by atoms with Crippen molar-refractivity contribution in [1.82, 2.24) is 10.6 Å². The molecule has 1 amide bonds. The minimum absolute atomic E-state index is 0.0216. The lowest BCUT2D eigenvalue weighted by Crippen LogP contribution is -2.58. The molecule has 2 aliphatic heterocycles. The lowest BCUT2D eigenvalue weighted by molar-refractivity contribution is -0.110. The molecule has 2 aliphatic rings. The van der Waals surface area contributed by atoms with E-state index in [1.165, 1.54) is 18.2 Å². The molecule has 4 rings (SSSR count). The van der Waals surface area contributed by atoms with Crippen LogP contribution in [0.2, 0.25) is 0 Å². The number of amides is 1. The number of aromatic hydroxyl groups is 1. The fraction of sp³-hybridized carbons (Fsp3) is 0.381. The second kappa shape index (κ2) is 8.41. The van der Waals surface area contributed by atoms with Gasteiger partial charge in [0, 0.05) is 28.7 Å². The summed E-state index contributed by atoms with van der Waals surface area (Å²) in [5.74, 6) is -0.109. The van der Waals surface area contributed by atoms with Gasteiger partial charge < -0.3 is 24.6 Å². The average Bonchev–Trinajstić information content (AvgIpc) is 2.70. The van der Waals surface area contributed by atoms with Crippen LogP contribution in [0.4, 0.5) is 9.18 Å². The highest BCUT2D eigenvalue weighted by molar-refractivity contribution is 9.10. The summed E-state index contributed by atoms with van der Waals surface area (Å²) < 4.78 is 32.6. The number of phenolic OH excluding ortho intramolecular Hbond substituents is 1. The first-order valence-corrected chi connectivity index (χ1v) is 10.5. The predicted octanol–water partition coefficient (Wildman–Crippen LogP) is 4.12. The molecule has 2 aromatic carbocycles. The number of nitrogens with one attached hydrogen (secondary N) is 2. The van der Waals surface area contributed by atoms with E-state index in [4.69, 9.17) is 14.2 Å². The third-order valence-corrected chi connectivity index (χ3v) is 5.57. The van der Waals surface area contributed by atoms with Crippen LogP contribution in [0.25, 0.3) is 0 Å². The summed E-state index contributed by atoms with van der Waals surface area (Å²) in [6.07, 6.45) is 0.355. The number of phenols is 1. The molecule has 1 spiro atoms. The highest BCUT2D eigenvalue weighted by Crippen LogP contribution is 2.52. The van der Waals surface area contributed by atoms with Gasteiger partial charge in [0.25, 0.3) is 0 Å². The zero-order valence-corrected chi connectivity index (χ0v) is 17.9. The van der Waals surface area contributed by atoms with Crippen molar-refractivity contribution in [1.29, 1.82) is 0 Å². The third kappa shape index (κ3) is 3.84. The van der Waals surface area contributed by atoms with Gasteiger partial charge in [0.2, 0.25) is 0 Å². The normalized spacial score (nSPS) is 22.0. The molecule has 2 aromatic rings. The summed E-state index contributed by atoms with van der Waals surface area (Å²) >= 11 is 3.33. The van der Waals surface area contributed by atoms with Crippen LogP contribution in [0.15, 0.2) is 34.8 Å². The first-order valence-electron chi connectivity index (χ1n) is 9.75. The quantitative estimate of drug-likeness (QED) is 0.570. The van der Waals surface area contributed by atoms with Gasteiger partial charge in [0.05, 0.1) is 6.61 Å². The third-order valence-electron chi connectivity index (χ3n) is 5.11. The maximum Gasteiger partial charge on any atom is 0.409 e. The Hall–Kier alpha value is -2.36. The molecular formula is C21H22BrFN2O5. The SMILES string of the molecule is CCCCOC(=O)NC1CNCC2(O1)c1cc(O)ccc1Oc1c(F)cc(Br)cc12. The van der Waals surface area contributed by atoms with Gasteiger partial charge in [-0.05, 0) is 36.8 Å². The number of carbonyl (C=O) groups excluding carboxylic acids is 1. The number of alkyl carbamates (subject to hydrolysis) is 1. The number of hydrogen-bond acceptors (Lipinski definition) is 6. The summed E-state index contributed by atoms with van der Waals surface area (Å²) in [5.41, 5.74) is -0.206. The van der Waals surface area contributed by atoms with Gasteiger partial charge >= 0.3 is 6.09 Å². The minimum atomic E-state index is -1.19. The van der Waals surface area contributed by atoms with Crippen LogP contribution >= 0.6 is 15.9 Å². The maximum atomic E-state index is 14.8. The zero-order valence-electron chi connectivity index (χ0n) is 16.3. The standard InChI is InChI=1S/C21H22BrFN2O5/c1-2-3-6-28-20(27)25-18-10-24-11-21(30-18)14-9-13(26)4-5-17(14)29-19-15(21)7-12(22)8-16(19)23/h4-5,7-9,18,24,26H,2-3,6,10-11H2,1H3,(H,25,27). The summed E-state index contributed by atoms with van der Waals surface area (Å²) in [7, 11) is 0. The number of benzene rings is 2. The van der Waals surface area contributed by atoms with E-state index in [0.29, 0.717) is 41.0 Å². The van der Waals surface area contributed by atoms with Gasteiger partial charge in [-0.25, -0.2) is 9.18 Å². The van der Waals surface area contributed by atoms with Crippen molar-refractivity contribution in [2.75, 3.05) is 19.7 Å². The van der Waals surface area contributed by atoms with E-state index in [1.807, 2.05) is 6.92 Å². The monoisotopic (exact) mass is 480 g/mol. The van der Waals surface area contributed by atoms with Crippen LogP contribution in [0.5, 0.6) is 17.2 Å². The molecule has 0 radical (unpaired) electrons. The molecule has 1 saturated heterocycles. The Kier molecular flexibility index (Phi) is 5.86. The maximum absolute atomic E-state index is 14.8. The number of carbonyl (C=O) groups is 1. The first-order chi connectivity index (χ1) is 14.4. The van der Waals surface area contributed by atoms with Crippen LogP contribution in [0.1, 0.15) is 30.9 Å². The molecule has 9 heteroatoms. The van der Waals surface area contributed by atoms with Crippen molar-refractivity contribution in [3.63, 3.8) is 0 Å². The fourth-order valence-electron chi connectivity index (χ4n) is 3.73.